The van der Waals surface area contributed by atoms with Crippen LogP contribution < -0.4 is 10.6 Å². The van der Waals surface area contributed by atoms with E-state index in [1.165, 1.54) is 6.33 Å². The zero-order chi connectivity index (χ0) is 12.5. The van der Waals surface area contributed by atoms with Crippen molar-refractivity contribution < 1.29 is 0 Å². The summed E-state index contributed by atoms with van der Waals surface area (Å²) >= 11 is 0. The summed E-state index contributed by atoms with van der Waals surface area (Å²) in [6, 6.07) is 0. The maximum absolute atomic E-state index is 5.81. The Morgan fingerprint density at radius 2 is 1.89 bits per heavy atom. The largest absolute Gasteiger partial charge is 0.382 e. The number of fused-ring (bicyclic) bond motifs is 1. The Hall–Kier alpha value is -2.02. The van der Waals surface area contributed by atoms with Crippen LogP contribution in [0.15, 0.2) is 12.5 Å². The van der Waals surface area contributed by atoms with Crippen LogP contribution in [0.2, 0.25) is 0 Å². The molecule has 0 atom stereocenters. The Labute approximate surface area is 105 Å². The number of aromatic nitrogens is 4. The number of rotatable bonds is 1. The fraction of sp³-hybridized carbons (Fsp3) is 0.455. The lowest BCUT2D eigenvalue weighted by Crippen LogP contribution is -2.45. The molecule has 1 aliphatic heterocycles. The maximum Gasteiger partial charge on any atom is 0.226 e. The highest BCUT2D eigenvalue weighted by Crippen LogP contribution is 2.17. The van der Waals surface area contributed by atoms with Crippen molar-refractivity contribution in [2.75, 3.05) is 43.9 Å². The molecule has 0 radical (unpaired) electrons. The molecule has 1 fully saturated rings. The Bertz CT molecular complexity index is 562. The molecule has 0 unspecified atom stereocenters. The standard InChI is InChI=1S/C11H15N7/c1-17-2-4-18(5-3-17)11-13-6-8-9(16-11)10(12)15-7-14-8/h6-7H,2-5H2,1H3,(H2,12,14,15). The van der Waals surface area contributed by atoms with Crippen LogP contribution in [0.3, 0.4) is 0 Å². The molecule has 0 aromatic carbocycles. The molecule has 7 nitrogen and oxygen atoms in total. The highest BCUT2D eigenvalue weighted by molar-refractivity contribution is 5.83. The molecular formula is C11H15N7. The van der Waals surface area contributed by atoms with Gasteiger partial charge in [0.05, 0.1) is 6.20 Å². The van der Waals surface area contributed by atoms with Gasteiger partial charge in [0, 0.05) is 26.2 Å². The highest BCUT2D eigenvalue weighted by Gasteiger charge is 2.17. The summed E-state index contributed by atoms with van der Waals surface area (Å²) in [4.78, 5) is 21.3. The monoisotopic (exact) mass is 245 g/mol. The van der Waals surface area contributed by atoms with Crippen LogP contribution in [0.1, 0.15) is 0 Å². The third kappa shape index (κ3) is 1.92. The van der Waals surface area contributed by atoms with Gasteiger partial charge in [0.25, 0.3) is 0 Å². The van der Waals surface area contributed by atoms with Gasteiger partial charge in [-0.3, -0.25) is 0 Å². The van der Waals surface area contributed by atoms with Gasteiger partial charge in [-0.15, -0.1) is 0 Å². The zero-order valence-corrected chi connectivity index (χ0v) is 10.2. The van der Waals surface area contributed by atoms with Gasteiger partial charge in [0.1, 0.15) is 17.4 Å². The lowest BCUT2D eigenvalue weighted by molar-refractivity contribution is 0.311. The molecule has 1 saturated heterocycles. The molecular weight excluding hydrogens is 230 g/mol. The summed E-state index contributed by atoms with van der Waals surface area (Å²) in [5.41, 5.74) is 7.12. The van der Waals surface area contributed by atoms with E-state index in [2.05, 4.69) is 36.8 Å². The molecule has 2 aromatic rings. The van der Waals surface area contributed by atoms with Gasteiger partial charge in [0.15, 0.2) is 5.82 Å². The fourth-order valence-electron chi connectivity index (χ4n) is 2.02. The molecule has 94 valence electrons. The van der Waals surface area contributed by atoms with Crippen LogP contribution >= 0.6 is 0 Å². The molecule has 3 rings (SSSR count). The van der Waals surface area contributed by atoms with Gasteiger partial charge < -0.3 is 15.5 Å². The van der Waals surface area contributed by atoms with Crippen LogP contribution in [-0.4, -0.2) is 58.1 Å². The second-order valence-corrected chi connectivity index (χ2v) is 4.45. The van der Waals surface area contributed by atoms with E-state index in [-0.39, 0.29) is 0 Å². The second kappa shape index (κ2) is 4.34. The predicted molar refractivity (Wildman–Crippen MR) is 69.3 cm³/mol. The molecule has 18 heavy (non-hydrogen) atoms. The number of anilines is 2. The fourth-order valence-corrected chi connectivity index (χ4v) is 2.02. The van der Waals surface area contributed by atoms with E-state index < -0.39 is 0 Å². The highest BCUT2D eigenvalue weighted by atomic mass is 15.3. The molecule has 3 heterocycles. The van der Waals surface area contributed by atoms with E-state index in [4.69, 9.17) is 5.73 Å². The molecule has 0 saturated carbocycles. The van der Waals surface area contributed by atoms with Gasteiger partial charge in [0.2, 0.25) is 5.95 Å². The summed E-state index contributed by atoms with van der Waals surface area (Å²) in [5, 5.41) is 0. The average Bonchev–Trinajstić information content (AvgIpc) is 2.40. The van der Waals surface area contributed by atoms with Gasteiger partial charge >= 0.3 is 0 Å². The number of likely N-dealkylation sites (N-methyl/N-ethyl adjacent to an activating group) is 1. The van der Waals surface area contributed by atoms with Crippen molar-refractivity contribution in [1.29, 1.82) is 0 Å². The predicted octanol–water partition coefficient (Wildman–Crippen LogP) is -0.246. The molecule has 0 bridgehead atoms. The van der Waals surface area contributed by atoms with Crippen molar-refractivity contribution in [2.45, 2.75) is 0 Å². The maximum atomic E-state index is 5.81. The van der Waals surface area contributed by atoms with Crippen molar-refractivity contribution in [3.8, 4) is 0 Å². The first-order valence-electron chi connectivity index (χ1n) is 5.91. The minimum atomic E-state index is 0.401. The third-order valence-electron chi connectivity index (χ3n) is 3.18. The van der Waals surface area contributed by atoms with Crippen LogP contribution in [-0.2, 0) is 0 Å². The van der Waals surface area contributed by atoms with Crippen LogP contribution in [0.5, 0.6) is 0 Å². The van der Waals surface area contributed by atoms with Crippen molar-refractivity contribution in [1.82, 2.24) is 24.8 Å². The number of piperazine rings is 1. The molecule has 0 amide bonds. The number of hydrogen-bond acceptors (Lipinski definition) is 7. The van der Waals surface area contributed by atoms with Crippen molar-refractivity contribution in [3.05, 3.63) is 12.5 Å². The molecule has 7 heteroatoms. The minimum absolute atomic E-state index is 0.401. The SMILES string of the molecule is CN1CCN(c2ncc3ncnc(N)c3n2)CC1. The first-order chi connectivity index (χ1) is 8.74. The van der Waals surface area contributed by atoms with E-state index in [1.54, 1.807) is 6.20 Å². The van der Waals surface area contributed by atoms with Gasteiger partial charge in [-0.05, 0) is 7.05 Å². The van der Waals surface area contributed by atoms with Gasteiger partial charge in [-0.1, -0.05) is 0 Å². The normalized spacial score (nSPS) is 17.3. The van der Waals surface area contributed by atoms with E-state index in [1.807, 2.05) is 0 Å². The number of hydrogen-bond donors (Lipinski definition) is 1. The summed E-state index contributed by atoms with van der Waals surface area (Å²) in [5.74, 6) is 1.11. The van der Waals surface area contributed by atoms with E-state index in [9.17, 15) is 0 Å². The molecule has 1 aliphatic rings. The molecule has 0 spiro atoms. The number of nitrogen functional groups attached to an aromatic ring is 1. The minimum Gasteiger partial charge on any atom is -0.382 e. The summed E-state index contributed by atoms with van der Waals surface area (Å²) in [6.45, 7) is 3.88. The second-order valence-electron chi connectivity index (χ2n) is 4.45. The lowest BCUT2D eigenvalue weighted by Gasteiger charge is -2.32. The Morgan fingerprint density at radius 3 is 2.67 bits per heavy atom. The molecule has 2 aromatic heterocycles. The summed E-state index contributed by atoms with van der Waals surface area (Å²) in [6.07, 6.45) is 3.13. The van der Waals surface area contributed by atoms with Crippen molar-refractivity contribution in [2.24, 2.45) is 0 Å². The first kappa shape index (κ1) is 11.1. The number of nitrogens with zero attached hydrogens (tertiary/aromatic N) is 6. The van der Waals surface area contributed by atoms with Gasteiger partial charge in [-0.25, -0.2) is 19.9 Å². The average molecular weight is 245 g/mol. The van der Waals surface area contributed by atoms with E-state index in [0.29, 0.717) is 22.8 Å². The van der Waals surface area contributed by atoms with Crippen molar-refractivity contribution in [3.63, 3.8) is 0 Å². The van der Waals surface area contributed by atoms with E-state index >= 15 is 0 Å². The quantitative estimate of drug-likeness (QED) is 0.741. The third-order valence-corrected chi connectivity index (χ3v) is 3.18. The summed E-state index contributed by atoms with van der Waals surface area (Å²) < 4.78 is 0. The Kier molecular flexibility index (Phi) is 2.67. The Balaban J connectivity index is 1.95. The topological polar surface area (TPSA) is 84.1 Å². The first-order valence-corrected chi connectivity index (χ1v) is 5.91. The Morgan fingerprint density at radius 1 is 1.11 bits per heavy atom. The summed E-state index contributed by atoms with van der Waals surface area (Å²) in [7, 11) is 2.12. The zero-order valence-electron chi connectivity index (χ0n) is 10.2. The molecule has 0 aliphatic carbocycles. The van der Waals surface area contributed by atoms with E-state index in [0.717, 1.165) is 26.2 Å². The van der Waals surface area contributed by atoms with Crippen LogP contribution in [0.4, 0.5) is 11.8 Å². The van der Waals surface area contributed by atoms with Gasteiger partial charge in [-0.2, -0.15) is 0 Å². The molecule has 2 N–H and O–H groups in total. The lowest BCUT2D eigenvalue weighted by atomic mass is 10.3. The van der Waals surface area contributed by atoms with Crippen LogP contribution in [0.25, 0.3) is 11.0 Å². The smallest absolute Gasteiger partial charge is 0.226 e. The van der Waals surface area contributed by atoms with Crippen LogP contribution in [0, 0.1) is 0 Å². The van der Waals surface area contributed by atoms with Crippen molar-refractivity contribution >= 4 is 22.8 Å². The number of nitrogens with two attached hydrogens (primary N) is 1.